The van der Waals surface area contributed by atoms with Gasteiger partial charge in [0.05, 0.1) is 0 Å². The summed E-state index contributed by atoms with van der Waals surface area (Å²) in [5.41, 5.74) is 2.40. The van der Waals surface area contributed by atoms with Crippen molar-refractivity contribution in [1.29, 1.82) is 5.41 Å². The molecule has 0 radical (unpaired) electrons. The van der Waals surface area contributed by atoms with Crippen molar-refractivity contribution in [3.8, 4) is 0 Å². The Morgan fingerprint density at radius 2 is 1.84 bits per heavy atom. The number of hydrogen-bond acceptors (Lipinski definition) is 4. The van der Waals surface area contributed by atoms with Crippen molar-refractivity contribution in [3.63, 3.8) is 0 Å². The highest BCUT2D eigenvalue weighted by Gasteiger charge is 2.04. The second-order valence-electron chi connectivity index (χ2n) is 5.11. The Morgan fingerprint density at radius 3 is 2.48 bits per heavy atom. The first-order valence-electron chi connectivity index (χ1n) is 7.83. The number of carbonyl (C=O) groups is 2. The molecule has 0 heterocycles. The van der Waals surface area contributed by atoms with E-state index in [9.17, 15) is 9.59 Å². The molecule has 1 amide bonds. The standard InChI is InChI=1S/C11H12N2O2.C8H10ClN/c12-8-9-4-1-2-5-10(9)13-11(15)6-3-7-14;1-10-6-7-4-2-3-5-8(7)9/h1-2,4-5,7-8,12H,3,6H2,(H,13,15);2-5,10H,6H2,1H3. The Labute approximate surface area is 152 Å². The third-order valence-corrected chi connectivity index (χ3v) is 3.57. The third kappa shape index (κ3) is 7.74. The maximum atomic E-state index is 11.3. The molecule has 5 nitrogen and oxygen atoms in total. The van der Waals surface area contributed by atoms with E-state index in [2.05, 4.69) is 10.6 Å². The van der Waals surface area contributed by atoms with Crippen molar-refractivity contribution in [2.24, 2.45) is 0 Å². The quantitative estimate of drug-likeness (QED) is 0.521. The maximum Gasteiger partial charge on any atom is 0.224 e. The first-order valence-corrected chi connectivity index (χ1v) is 8.21. The van der Waals surface area contributed by atoms with Crippen LogP contribution in [0.3, 0.4) is 0 Å². The minimum Gasteiger partial charge on any atom is -0.325 e. The number of para-hydroxylation sites is 1. The van der Waals surface area contributed by atoms with E-state index in [1.807, 2.05) is 31.3 Å². The number of carbonyl (C=O) groups excluding carboxylic acids is 2. The molecule has 0 fully saturated rings. The van der Waals surface area contributed by atoms with Crippen LogP contribution in [0.1, 0.15) is 24.0 Å². The van der Waals surface area contributed by atoms with Crippen LogP contribution in [0.4, 0.5) is 5.69 Å². The number of halogens is 1. The molecule has 3 N–H and O–H groups in total. The second-order valence-corrected chi connectivity index (χ2v) is 5.51. The Bertz CT molecular complexity index is 705. The predicted molar refractivity (Wildman–Crippen MR) is 102 cm³/mol. The zero-order valence-corrected chi connectivity index (χ0v) is 14.8. The summed E-state index contributed by atoms with van der Waals surface area (Å²) in [6.45, 7) is 0.833. The van der Waals surface area contributed by atoms with Gasteiger partial charge in [-0.2, -0.15) is 0 Å². The van der Waals surface area contributed by atoms with Crippen molar-refractivity contribution < 1.29 is 9.59 Å². The van der Waals surface area contributed by atoms with Crippen LogP contribution < -0.4 is 10.6 Å². The van der Waals surface area contributed by atoms with Gasteiger partial charge in [-0.15, -0.1) is 0 Å². The van der Waals surface area contributed by atoms with E-state index in [0.717, 1.165) is 17.1 Å². The molecular weight excluding hydrogens is 338 g/mol. The number of aldehydes is 1. The van der Waals surface area contributed by atoms with Crippen molar-refractivity contribution in [2.75, 3.05) is 12.4 Å². The summed E-state index contributed by atoms with van der Waals surface area (Å²) in [7, 11) is 1.91. The van der Waals surface area contributed by atoms with Gasteiger partial charge >= 0.3 is 0 Å². The summed E-state index contributed by atoms with van der Waals surface area (Å²) in [4.78, 5) is 21.4. The Balaban J connectivity index is 0.000000271. The van der Waals surface area contributed by atoms with Crippen molar-refractivity contribution in [1.82, 2.24) is 5.32 Å². The van der Waals surface area contributed by atoms with Crippen LogP contribution in [0.2, 0.25) is 5.02 Å². The number of nitrogens with one attached hydrogen (secondary N) is 3. The fourth-order valence-corrected chi connectivity index (χ4v) is 2.17. The second kappa shape index (κ2) is 11.9. The molecule has 2 rings (SSSR count). The van der Waals surface area contributed by atoms with Crippen molar-refractivity contribution >= 4 is 35.7 Å². The lowest BCUT2D eigenvalue weighted by Crippen LogP contribution is -2.12. The Hall–Kier alpha value is -2.50. The van der Waals surface area contributed by atoms with Gasteiger partial charge in [0.2, 0.25) is 5.91 Å². The van der Waals surface area contributed by atoms with E-state index in [1.165, 1.54) is 6.21 Å². The number of anilines is 1. The van der Waals surface area contributed by atoms with Crippen molar-refractivity contribution in [3.05, 3.63) is 64.7 Å². The average Bonchev–Trinajstić information content (AvgIpc) is 2.63. The zero-order chi connectivity index (χ0) is 18.5. The molecule has 132 valence electrons. The van der Waals surface area contributed by atoms with Crippen LogP contribution >= 0.6 is 11.6 Å². The summed E-state index contributed by atoms with van der Waals surface area (Å²) < 4.78 is 0. The van der Waals surface area contributed by atoms with Gasteiger partial charge in [0.25, 0.3) is 0 Å². The molecule has 25 heavy (non-hydrogen) atoms. The molecule has 0 bridgehead atoms. The summed E-state index contributed by atoms with van der Waals surface area (Å²) >= 11 is 5.86. The van der Waals surface area contributed by atoms with Gasteiger partial charge in [0.15, 0.2) is 0 Å². The summed E-state index contributed by atoms with van der Waals surface area (Å²) in [6.07, 6.45) is 2.28. The minimum absolute atomic E-state index is 0.176. The molecule has 2 aromatic rings. The predicted octanol–water partition coefficient (Wildman–Crippen LogP) is 3.66. The number of hydrogen-bond donors (Lipinski definition) is 3. The van der Waals surface area contributed by atoms with Crippen LogP contribution in [0, 0.1) is 5.41 Å². The van der Waals surface area contributed by atoms with Crippen LogP contribution in [-0.2, 0) is 16.1 Å². The van der Waals surface area contributed by atoms with Crippen LogP contribution in [0.15, 0.2) is 48.5 Å². The normalized spacial score (nSPS) is 9.52. The van der Waals surface area contributed by atoms with E-state index < -0.39 is 0 Å². The third-order valence-electron chi connectivity index (χ3n) is 3.20. The van der Waals surface area contributed by atoms with Crippen LogP contribution in [-0.4, -0.2) is 25.5 Å². The van der Waals surface area contributed by atoms with E-state index in [1.54, 1.807) is 24.3 Å². The SMILES string of the molecule is CNCc1ccccc1Cl.N=Cc1ccccc1NC(=O)CCC=O. The number of rotatable bonds is 7. The molecular formula is C19H22ClN3O2. The molecule has 0 aliphatic rings. The summed E-state index contributed by atoms with van der Waals surface area (Å²) in [6, 6.07) is 14.9. The first-order chi connectivity index (χ1) is 12.1. The largest absolute Gasteiger partial charge is 0.325 e. The Morgan fingerprint density at radius 1 is 1.16 bits per heavy atom. The fourth-order valence-electron chi connectivity index (χ4n) is 1.97. The summed E-state index contributed by atoms with van der Waals surface area (Å²) in [5, 5.41) is 13.7. The van der Waals surface area contributed by atoms with Gasteiger partial charge in [0.1, 0.15) is 6.29 Å². The number of benzene rings is 2. The zero-order valence-electron chi connectivity index (χ0n) is 14.1. The molecule has 0 unspecified atom stereocenters. The molecule has 0 aromatic heterocycles. The van der Waals surface area contributed by atoms with Gasteiger partial charge in [-0.25, -0.2) is 0 Å². The molecule has 2 aromatic carbocycles. The molecule has 0 aliphatic heterocycles. The van der Waals surface area contributed by atoms with Gasteiger partial charge in [-0.1, -0.05) is 48.0 Å². The van der Waals surface area contributed by atoms with Gasteiger partial charge in [-0.05, 0) is 24.7 Å². The monoisotopic (exact) mass is 359 g/mol. The van der Waals surface area contributed by atoms with E-state index >= 15 is 0 Å². The highest BCUT2D eigenvalue weighted by atomic mass is 35.5. The first kappa shape index (κ1) is 20.5. The van der Waals surface area contributed by atoms with Crippen molar-refractivity contribution in [2.45, 2.75) is 19.4 Å². The molecule has 0 spiro atoms. The van der Waals surface area contributed by atoms with Crippen LogP contribution in [0.25, 0.3) is 0 Å². The van der Waals surface area contributed by atoms with Gasteiger partial charge < -0.3 is 20.8 Å². The van der Waals surface area contributed by atoms with E-state index in [-0.39, 0.29) is 18.7 Å². The topological polar surface area (TPSA) is 82.1 Å². The molecule has 6 heteroatoms. The maximum absolute atomic E-state index is 11.3. The molecule has 0 saturated carbocycles. The lowest BCUT2D eigenvalue weighted by Gasteiger charge is -2.06. The fraction of sp³-hybridized carbons (Fsp3) is 0.211. The van der Waals surface area contributed by atoms with E-state index in [4.69, 9.17) is 17.0 Å². The smallest absolute Gasteiger partial charge is 0.224 e. The molecule has 0 saturated heterocycles. The molecule has 0 atom stereocenters. The average molecular weight is 360 g/mol. The lowest BCUT2D eigenvalue weighted by atomic mass is 10.2. The van der Waals surface area contributed by atoms with Gasteiger partial charge in [0, 0.05) is 41.9 Å². The summed E-state index contributed by atoms with van der Waals surface area (Å²) in [5.74, 6) is -0.212. The minimum atomic E-state index is -0.212. The number of amides is 1. The Kier molecular flexibility index (Phi) is 9.82. The highest BCUT2D eigenvalue weighted by Crippen LogP contribution is 2.14. The van der Waals surface area contributed by atoms with E-state index in [0.29, 0.717) is 17.5 Å². The lowest BCUT2D eigenvalue weighted by molar-refractivity contribution is -0.118. The highest BCUT2D eigenvalue weighted by molar-refractivity contribution is 6.31. The molecule has 0 aliphatic carbocycles. The van der Waals surface area contributed by atoms with Gasteiger partial charge in [-0.3, -0.25) is 4.79 Å². The van der Waals surface area contributed by atoms with Crippen LogP contribution in [0.5, 0.6) is 0 Å².